The Bertz CT molecular complexity index is 2410. The number of carbonyl (C=O) groups is 4. The number of hydrogen-bond acceptors (Lipinski definition) is 10. The molecule has 0 radical (unpaired) electrons. The Kier molecular flexibility index (Phi) is 15.8. The molecule has 0 aromatic heterocycles. The highest BCUT2D eigenvalue weighted by molar-refractivity contribution is 5.91. The van der Waals surface area contributed by atoms with Gasteiger partial charge in [-0.2, -0.15) is 0 Å². The van der Waals surface area contributed by atoms with Crippen LogP contribution >= 0.6 is 0 Å². The summed E-state index contributed by atoms with van der Waals surface area (Å²) in [5.74, 6) is 2.12. The normalized spacial score (nSPS) is 32.6. The Morgan fingerprint density at radius 1 is 0.563 bits per heavy atom. The molecule has 71 heavy (non-hydrogen) atoms. The molecule has 4 saturated carbocycles. The average molecular weight is 967 g/mol. The predicted octanol–water partition coefficient (Wildman–Crippen LogP) is 12.8. The summed E-state index contributed by atoms with van der Waals surface area (Å²) in [6.45, 7) is 12.0. The lowest BCUT2D eigenvalue weighted by Gasteiger charge is -2.61. The maximum Gasteiger partial charge on any atom is 0.338 e. The van der Waals surface area contributed by atoms with Gasteiger partial charge in [-0.25, -0.2) is 19.2 Å². The van der Waals surface area contributed by atoms with Crippen LogP contribution in [0.1, 0.15) is 153 Å². The lowest BCUT2D eigenvalue weighted by atomic mass is 9.44. The van der Waals surface area contributed by atoms with E-state index in [0.29, 0.717) is 22.8 Å². The van der Waals surface area contributed by atoms with Gasteiger partial charge in [-0.1, -0.05) is 127 Å². The molecule has 0 N–H and O–H groups in total. The summed E-state index contributed by atoms with van der Waals surface area (Å²) in [4.78, 5) is 56.0. The third-order valence-electron chi connectivity index (χ3n) is 17.9. The van der Waals surface area contributed by atoms with Crippen molar-refractivity contribution in [1.29, 1.82) is 0 Å². The molecule has 0 amide bonds. The molecule has 14 atom stereocenters. The molecule has 10 nitrogen and oxygen atoms in total. The fourth-order valence-corrected chi connectivity index (χ4v) is 14.2. The number of ether oxygens (including phenoxy) is 6. The molecule has 4 aliphatic carbocycles. The van der Waals surface area contributed by atoms with E-state index in [1.165, 1.54) is 51.4 Å². The second-order valence-corrected chi connectivity index (χ2v) is 22.4. The molecule has 378 valence electrons. The first-order valence-corrected chi connectivity index (χ1v) is 26.6. The van der Waals surface area contributed by atoms with Crippen molar-refractivity contribution < 1.29 is 47.6 Å². The minimum absolute atomic E-state index is 0.163. The minimum atomic E-state index is -1.46. The van der Waals surface area contributed by atoms with Gasteiger partial charge in [0.05, 0.1) is 28.4 Å². The van der Waals surface area contributed by atoms with Crippen LogP contribution in [-0.4, -0.2) is 67.3 Å². The molecule has 10 heteroatoms. The van der Waals surface area contributed by atoms with Gasteiger partial charge in [0.15, 0.2) is 24.6 Å². The maximum absolute atomic E-state index is 14.2. The second-order valence-electron chi connectivity index (χ2n) is 22.4. The van der Waals surface area contributed by atoms with Crippen molar-refractivity contribution in [2.75, 3.05) is 6.61 Å². The fourth-order valence-electron chi connectivity index (χ4n) is 14.2. The summed E-state index contributed by atoms with van der Waals surface area (Å²) in [6, 6.07) is 34.0. The van der Waals surface area contributed by atoms with Gasteiger partial charge >= 0.3 is 23.9 Å². The third-order valence-corrected chi connectivity index (χ3v) is 17.9. The van der Waals surface area contributed by atoms with Crippen molar-refractivity contribution >= 4 is 23.9 Å². The van der Waals surface area contributed by atoms with Crippen LogP contribution in [-0.2, 0) is 28.4 Å². The van der Waals surface area contributed by atoms with Crippen LogP contribution in [0, 0.1) is 52.3 Å². The number of esters is 4. The number of carbonyl (C=O) groups excluding carboxylic acids is 4. The summed E-state index contributed by atoms with van der Waals surface area (Å²) in [7, 11) is 0. The predicted molar refractivity (Wildman–Crippen MR) is 270 cm³/mol. The Hall–Kier alpha value is -5.32. The summed E-state index contributed by atoms with van der Waals surface area (Å²) >= 11 is 0. The van der Waals surface area contributed by atoms with Gasteiger partial charge in [0.2, 0.25) is 0 Å². The zero-order valence-electron chi connectivity index (χ0n) is 42.3. The molecule has 1 heterocycles. The highest BCUT2D eigenvalue weighted by Crippen LogP contribution is 2.68. The highest BCUT2D eigenvalue weighted by atomic mass is 16.7. The molecule has 5 aliphatic rings. The Labute approximate surface area is 420 Å². The van der Waals surface area contributed by atoms with E-state index in [1.54, 1.807) is 121 Å². The van der Waals surface area contributed by atoms with Crippen molar-refractivity contribution in [2.45, 2.75) is 148 Å². The van der Waals surface area contributed by atoms with Gasteiger partial charge < -0.3 is 28.4 Å². The maximum atomic E-state index is 14.2. The monoisotopic (exact) mass is 967 g/mol. The molecule has 4 aromatic rings. The first kappa shape index (κ1) is 50.6. The van der Waals surface area contributed by atoms with E-state index in [4.69, 9.17) is 28.4 Å². The van der Waals surface area contributed by atoms with E-state index in [9.17, 15) is 19.2 Å². The number of benzene rings is 4. The van der Waals surface area contributed by atoms with Crippen LogP contribution in [0.4, 0.5) is 0 Å². The Balaban J connectivity index is 0.997. The molecule has 9 rings (SSSR count). The van der Waals surface area contributed by atoms with Crippen molar-refractivity contribution in [3.05, 3.63) is 144 Å². The molecule has 0 spiro atoms. The highest BCUT2D eigenvalue weighted by Gasteiger charge is 2.61. The van der Waals surface area contributed by atoms with Crippen molar-refractivity contribution in [1.82, 2.24) is 0 Å². The van der Waals surface area contributed by atoms with Crippen LogP contribution in [0.2, 0.25) is 0 Å². The van der Waals surface area contributed by atoms with Crippen molar-refractivity contribution in [3.63, 3.8) is 0 Å². The van der Waals surface area contributed by atoms with E-state index >= 15 is 0 Å². The lowest BCUT2D eigenvalue weighted by Crippen LogP contribution is -2.64. The van der Waals surface area contributed by atoms with Crippen LogP contribution < -0.4 is 0 Å². The van der Waals surface area contributed by atoms with E-state index in [1.807, 2.05) is 0 Å². The molecule has 0 unspecified atom stereocenters. The lowest BCUT2D eigenvalue weighted by molar-refractivity contribution is -0.313. The summed E-state index contributed by atoms with van der Waals surface area (Å²) in [6.07, 6.45) is 7.09. The zero-order valence-corrected chi connectivity index (χ0v) is 42.3. The van der Waals surface area contributed by atoms with Crippen LogP contribution in [0.5, 0.6) is 0 Å². The largest absolute Gasteiger partial charge is 0.459 e. The second kappa shape index (κ2) is 22.2. The Morgan fingerprint density at radius 2 is 1.07 bits per heavy atom. The number of hydrogen-bond donors (Lipinski definition) is 0. The fraction of sp³-hybridized carbons (Fsp3) is 0.541. The molecule has 1 aliphatic heterocycles. The quantitative estimate of drug-likeness (QED) is 0.0609. The smallest absolute Gasteiger partial charge is 0.338 e. The zero-order chi connectivity index (χ0) is 49.7. The Morgan fingerprint density at radius 3 is 1.63 bits per heavy atom. The molecular formula is C61H74O10. The van der Waals surface area contributed by atoms with Gasteiger partial charge in [0.1, 0.15) is 12.7 Å². The van der Waals surface area contributed by atoms with Gasteiger partial charge in [0, 0.05) is 0 Å². The van der Waals surface area contributed by atoms with Gasteiger partial charge in [-0.15, -0.1) is 0 Å². The molecule has 0 bridgehead atoms. The number of rotatable bonds is 16. The molecule has 4 aromatic carbocycles. The summed E-state index contributed by atoms with van der Waals surface area (Å²) < 4.78 is 38.8. The number of fused-ring (bicyclic) bond motifs is 5. The third kappa shape index (κ3) is 11.0. The topological polar surface area (TPSA) is 124 Å². The minimum Gasteiger partial charge on any atom is -0.459 e. The SMILES string of the molecule is CC(C)CCC[C@@H](C)[C@H]1CC[C@H]2[C@@H]3CC[C@H]4C[C@@H](O[C@@H]5O[C@H](COC(=O)c6ccccc6)[C@@H](OC(=O)c6ccccc6)[C@H](OC(=O)c6ccccc6)[C@H]5OC(=O)c5ccccc5)CC[C@]4(C)[C@H]3CC[C@]12C. The van der Waals surface area contributed by atoms with Crippen molar-refractivity contribution in [2.24, 2.45) is 52.3 Å². The summed E-state index contributed by atoms with van der Waals surface area (Å²) in [5, 5.41) is 0. The molecule has 5 fully saturated rings. The van der Waals surface area contributed by atoms with E-state index in [0.717, 1.165) is 55.3 Å². The first-order valence-electron chi connectivity index (χ1n) is 26.6. The molecular weight excluding hydrogens is 893 g/mol. The van der Waals surface area contributed by atoms with Crippen LogP contribution in [0.25, 0.3) is 0 Å². The first-order chi connectivity index (χ1) is 34.3. The van der Waals surface area contributed by atoms with Crippen molar-refractivity contribution in [3.8, 4) is 0 Å². The van der Waals surface area contributed by atoms with Gasteiger partial charge in [-0.3, -0.25) is 0 Å². The van der Waals surface area contributed by atoms with E-state index in [2.05, 4.69) is 34.6 Å². The van der Waals surface area contributed by atoms with Gasteiger partial charge in [-0.05, 0) is 159 Å². The summed E-state index contributed by atoms with van der Waals surface area (Å²) in [5.41, 5.74) is 1.62. The van der Waals surface area contributed by atoms with Crippen LogP contribution in [0.15, 0.2) is 121 Å². The van der Waals surface area contributed by atoms with Crippen LogP contribution in [0.3, 0.4) is 0 Å². The van der Waals surface area contributed by atoms with Gasteiger partial charge in [0.25, 0.3) is 0 Å². The van der Waals surface area contributed by atoms with E-state index in [-0.39, 0.29) is 28.2 Å². The average Bonchev–Trinajstić information content (AvgIpc) is 3.75. The molecule has 1 saturated heterocycles. The standard InChI is InChI=1S/C61H74O10/c1-39(2)19-18-20-40(3)48-31-32-49-47-30-29-45-37-46(33-35-60(45,4)50(47)34-36-61(48,49)5)67-59-54(71-58(65)44-27-16-9-17-28-44)53(70-57(64)43-25-14-8-15-26-43)52(69-56(63)42-23-12-7-13-24-42)51(68-59)38-66-55(62)41-21-10-6-11-22-41/h6-17,21-28,39-40,45-54,59H,18-20,29-38H2,1-5H3/t40-,45+,46+,47+,48-,49+,50+,51-,52-,53+,54-,59-,60+,61-/m1/s1. The van der Waals surface area contributed by atoms with E-state index < -0.39 is 61.2 Å².